The van der Waals surface area contributed by atoms with Crippen molar-refractivity contribution in [1.29, 1.82) is 0 Å². The van der Waals surface area contributed by atoms with Crippen molar-refractivity contribution in [2.45, 2.75) is 45.7 Å². The number of rotatable bonds is 6. The summed E-state index contributed by atoms with van der Waals surface area (Å²) in [5, 5.41) is 0.803. The van der Waals surface area contributed by atoms with E-state index in [1.807, 2.05) is 6.07 Å². The fraction of sp³-hybridized carbons (Fsp3) is 0.600. The average molecular weight is 267 g/mol. The van der Waals surface area contributed by atoms with Gasteiger partial charge in [0.15, 0.2) is 0 Å². The molecule has 3 heteroatoms. The molecular formula is C15H23ClN2. The zero-order valence-electron chi connectivity index (χ0n) is 11.3. The monoisotopic (exact) mass is 266 g/mol. The van der Waals surface area contributed by atoms with Gasteiger partial charge in [0, 0.05) is 29.8 Å². The molecule has 0 unspecified atom stereocenters. The lowest BCUT2D eigenvalue weighted by atomic mass is 10.1. The Hall–Kier alpha value is -0.730. The Balaban J connectivity index is 2.21. The molecular weight excluding hydrogens is 244 g/mol. The molecule has 0 spiro atoms. The van der Waals surface area contributed by atoms with E-state index in [-0.39, 0.29) is 0 Å². The summed E-state index contributed by atoms with van der Waals surface area (Å²) >= 11 is 6.14. The molecule has 2 N–H and O–H groups in total. The van der Waals surface area contributed by atoms with Crippen LogP contribution in [0.25, 0.3) is 0 Å². The number of nitrogens with zero attached hydrogens (tertiary/aromatic N) is 1. The quantitative estimate of drug-likeness (QED) is 0.848. The SMILES string of the molecule is CC(C)CCN(c1cc(Cl)ccc1CN)C1CC1. The Kier molecular flexibility index (Phi) is 4.52. The minimum absolute atomic E-state index is 0.581. The van der Waals surface area contributed by atoms with Crippen LogP contribution in [0.2, 0.25) is 5.02 Å². The summed E-state index contributed by atoms with van der Waals surface area (Å²) in [7, 11) is 0. The molecule has 0 radical (unpaired) electrons. The molecule has 0 atom stereocenters. The second-order valence-electron chi connectivity index (χ2n) is 5.58. The Bertz CT molecular complexity index is 399. The lowest BCUT2D eigenvalue weighted by Gasteiger charge is -2.28. The number of benzene rings is 1. The molecule has 0 bridgehead atoms. The summed E-state index contributed by atoms with van der Waals surface area (Å²) in [6.45, 7) is 6.23. The van der Waals surface area contributed by atoms with Gasteiger partial charge in [-0.25, -0.2) is 0 Å². The highest BCUT2D eigenvalue weighted by molar-refractivity contribution is 6.30. The Labute approximate surface area is 115 Å². The molecule has 18 heavy (non-hydrogen) atoms. The molecule has 1 aliphatic rings. The maximum Gasteiger partial charge on any atom is 0.0429 e. The molecule has 1 aromatic carbocycles. The predicted octanol–water partition coefficient (Wildman–Crippen LogP) is 3.81. The zero-order chi connectivity index (χ0) is 13.1. The minimum Gasteiger partial charge on any atom is -0.368 e. The highest BCUT2D eigenvalue weighted by Gasteiger charge is 2.30. The van der Waals surface area contributed by atoms with E-state index in [2.05, 4.69) is 30.9 Å². The van der Waals surface area contributed by atoms with Crippen molar-refractivity contribution in [3.05, 3.63) is 28.8 Å². The summed E-state index contributed by atoms with van der Waals surface area (Å²) in [6, 6.07) is 6.76. The molecule has 100 valence electrons. The first kappa shape index (κ1) is 13.7. The smallest absolute Gasteiger partial charge is 0.0429 e. The molecule has 0 aliphatic heterocycles. The van der Waals surface area contributed by atoms with Gasteiger partial charge in [-0.3, -0.25) is 0 Å². The van der Waals surface area contributed by atoms with Gasteiger partial charge < -0.3 is 10.6 Å². The number of halogens is 1. The van der Waals surface area contributed by atoms with Gasteiger partial charge in [0.25, 0.3) is 0 Å². The van der Waals surface area contributed by atoms with Crippen LogP contribution in [0.5, 0.6) is 0 Å². The van der Waals surface area contributed by atoms with Gasteiger partial charge in [0.05, 0.1) is 0 Å². The summed E-state index contributed by atoms with van der Waals surface area (Å²) in [5.41, 5.74) is 8.29. The van der Waals surface area contributed by atoms with Crippen LogP contribution in [0, 0.1) is 5.92 Å². The molecule has 1 aliphatic carbocycles. The topological polar surface area (TPSA) is 29.3 Å². The standard InChI is InChI=1S/C15H23ClN2/c1-11(2)7-8-18(14-5-6-14)15-9-13(16)4-3-12(15)10-17/h3-4,9,11,14H,5-8,10,17H2,1-2H3. The lowest BCUT2D eigenvalue weighted by molar-refractivity contribution is 0.570. The molecule has 1 saturated carbocycles. The first-order valence-electron chi connectivity index (χ1n) is 6.87. The molecule has 1 fully saturated rings. The third kappa shape index (κ3) is 3.39. The zero-order valence-corrected chi connectivity index (χ0v) is 12.1. The van der Waals surface area contributed by atoms with Gasteiger partial charge in [0.1, 0.15) is 0 Å². The third-order valence-electron chi connectivity index (χ3n) is 3.51. The number of nitrogens with two attached hydrogens (primary N) is 1. The van der Waals surface area contributed by atoms with Crippen molar-refractivity contribution in [3.8, 4) is 0 Å². The van der Waals surface area contributed by atoms with Gasteiger partial charge in [0.2, 0.25) is 0 Å². The van der Waals surface area contributed by atoms with E-state index in [0.29, 0.717) is 12.6 Å². The predicted molar refractivity (Wildman–Crippen MR) is 79.2 cm³/mol. The van der Waals surface area contributed by atoms with E-state index >= 15 is 0 Å². The molecule has 2 rings (SSSR count). The Morgan fingerprint density at radius 1 is 1.39 bits per heavy atom. The Morgan fingerprint density at radius 2 is 2.11 bits per heavy atom. The molecule has 2 nitrogen and oxygen atoms in total. The van der Waals surface area contributed by atoms with Gasteiger partial charge in [-0.05, 0) is 42.9 Å². The molecule has 1 aromatic rings. The normalized spacial score (nSPS) is 15.2. The molecule has 0 aromatic heterocycles. The first-order valence-corrected chi connectivity index (χ1v) is 7.24. The maximum absolute atomic E-state index is 6.14. The van der Waals surface area contributed by atoms with Crippen molar-refractivity contribution in [3.63, 3.8) is 0 Å². The minimum atomic E-state index is 0.581. The number of hydrogen-bond acceptors (Lipinski definition) is 2. The second kappa shape index (κ2) is 5.94. The highest BCUT2D eigenvalue weighted by Crippen LogP contribution is 2.35. The van der Waals surface area contributed by atoms with E-state index in [1.54, 1.807) is 0 Å². The maximum atomic E-state index is 6.14. The molecule has 0 amide bonds. The van der Waals surface area contributed by atoms with Gasteiger partial charge in [-0.1, -0.05) is 31.5 Å². The highest BCUT2D eigenvalue weighted by atomic mass is 35.5. The van der Waals surface area contributed by atoms with Crippen LogP contribution < -0.4 is 10.6 Å². The van der Waals surface area contributed by atoms with Crippen molar-refractivity contribution < 1.29 is 0 Å². The Morgan fingerprint density at radius 3 is 2.67 bits per heavy atom. The van der Waals surface area contributed by atoms with Gasteiger partial charge in [-0.2, -0.15) is 0 Å². The van der Waals surface area contributed by atoms with Crippen LogP contribution in [0.3, 0.4) is 0 Å². The van der Waals surface area contributed by atoms with Crippen LogP contribution in [-0.4, -0.2) is 12.6 Å². The second-order valence-corrected chi connectivity index (χ2v) is 6.02. The van der Waals surface area contributed by atoms with E-state index in [9.17, 15) is 0 Å². The lowest BCUT2D eigenvalue weighted by Crippen LogP contribution is -2.29. The van der Waals surface area contributed by atoms with Gasteiger partial charge >= 0.3 is 0 Å². The van der Waals surface area contributed by atoms with E-state index in [4.69, 9.17) is 17.3 Å². The van der Waals surface area contributed by atoms with Crippen molar-refractivity contribution in [2.75, 3.05) is 11.4 Å². The van der Waals surface area contributed by atoms with Crippen LogP contribution in [0.4, 0.5) is 5.69 Å². The van der Waals surface area contributed by atoms with Crippen molar-refractivity contribution >= 4 is 17.3 Å². The summed E-state index contributed by atoms with van der Waals surface area (Å²) < 4.78 is 0. The van der Waals surface area contributed by atoms with Crippen molar-refractivity contribution in [2.24, 2.45) is 11.7 Å². The van der Waals surface area contributed by atoms with Crippen molar-refractivity contribution in [1.82, 2.24) is 0 Å². The third-order valence-corrected chi connectivity index (χ3v) is 3.75. The molecule has 0 saturated heterocycles. The summed E-state index contributed by atoms with van der Waals surface area (Å²) in [5.74, 6) is 0.728. The van der Waals surface area contributed by atoms with Crippen LogP contribution >= 0.6 is 11.6 Å². The number of hydrogen-bond donors (Lipinski definition) is 1. The molecule has 0 heterocycles. The van der Waals surface area contributed by atoms with E-state index < -0.39 is 0 Å². The largest absolute Gasteiger partial charge is 0.368 e. The number of anilines is 1. The fourth-order valence-electron chi connectivity index (χ4n) is 2.26. The van der Waals surface area contributed by atoms with E-state index in [1.165, 1.54) is 30.5 Å². The summed E-state index contributed by atoms with van der Waals surface area (Å²) in [4.78, 5) is 2.51. The van der Waals surface area contributed by atoms with Crippen LogP contribution in [0.1, 0.15) is 38.7 Å². The van der Waals surface area contributed by atoms with Crippen LogP contribution in [0.15, 0.2) is 18.2 Å². The van der Waals surface area contributed by atoms with Crippen LogP contribution in [-0.2, 0) is 6.54 Å². The average Bonchev–Trinajstić information content (AvgIpc) is 3.14. The van der Waals surface area contributed by atoms with E-state index in [0.717, 1.165) is 17.5 Å². The first-order chi connectivity index (χ1) is 8.61. The van der Waals surface area contributed by atoms with Gasteiger partial charge in [-0.15, -0.1) is 0 Å². The summed E-state index contributed by atoms with van der Waals surface area (Å²) in [6.07, 6.45) is 3.82. The fourth-order valence-corrected chi connectivity index (χ4v) is 2.43.